The summed E-state index contributed by atoms with van der Waals surface area (Å²) < 4.78 is 22.0. The summed E-state index contributed by atoms with van der Waals surface area (Å²) in [4.78, 5) is 31.2. The molecule has 0 atom stereocenters. The number of pyridine rings is 1. The third-order valence-corrected chi connectivity index (χ3v) is 3.62. The molecule has 0 fully saturated rings. The lowest BCUT2D eigenvalue weighted by Gasteiger charge is -2.08. The molecule has 3 heterocycles. The van der Waals surface area contributed by atoms with Gasteiger partial charge in [-0.3, -0.25) is 9.59 Å². The highest BCUT2D eigenvalue weighted by molar-refractivity contribution is 5.94. The number of nitrogens with one attached hydrogen (secondary N) is 1. The minimum absolute atomic E-state index is 0.0115. The number of aromatic nitrogens is 4. The van der Waals surface area contributed by atoms with Crippen molar-refractivity contribution in [1.82, 2.24) is 24.3 Å². The normalized spacial score (nSPS) is 11.0. The number of halogens is 1. The first-order chi connectivity index (χ1) is 12.5. The number of amides is 1. The molecule has 0 aliphatic rings. The second-order valence-corrected chi connectivity index (χ2v) is 5.52. The topological polar surface area (TPSA) is 111 Å². The Hall–Kier alpha value is -3.27. The zero-order valence-corrected chi connectivity index (χ0v) is 13.8. The molecule has 0 aliphatic carbocycles. The fourth-order valence-corrected chi connectivity index (χ4v) is 2.51. The first-order valence-corrected chi connectivity index (χ1v) is 7.64. The number of hydrogen-bond donors (Lipinski definition) is 2. The first-order valence-electron chi connectivity index (χ1n) is 7.64. The van der Waals surface area contributed by atoms with E-state index in [1.54, 1.807) is 6.20 Å². The lowest BCUT2D eigenvalue weighted by Crippen LogP contribution is -2.25. The van der Waals surface area contributed by atoms with Gasteiger partial charge in [-0.25, -0.2) is 14.4 Å². The fraction of sp³-hybridized carbons (Fsp3) is 0.250. The summed E-state index contributed by atoms with van der Waals surface area (Å²) in [6.45, 7) is -0.0182. The predicted octanol–water partition coefficient (Wildman–Crippen LogP) is 0.831. The quantitative estimate of drug-likeness (QED) is 0.645. The van der Waals surface area contributed by atoms with Crippen molar-refractivity contribution in [2.75, 3.05) is 7.11 Å². The zero-order chi connectivity index (χ0) is 18.7. The maximum absolute atomic E-state index is 14.2. The highest BCUT2D eigenvalue weighted by atomic mass is 19.1. The van der Waals surface area contributed by atoms with E-state index < -0.39 is 17.7 Å². The summed E-state index contributed by atoms with van der Waals surface area (Å²) in [5.41, 5.74) is 0.748. The predicted molar refractivity (Wildman–Crippen MR) is 86.9 cm³/mol. The van der Waals surface area contributed by atoms with Crippen LogP contribution in [0.2, 0.25) is 0 Å². The molecule has 26 heavy (non-hydrogen) atoms. The van der Waals surface area contributed by atoms with Crippen molar-refractivity contribution in [3.05, 3.63) is 53.8 Å². The molecular formula is C16H16FN5O4. The summed E-state index contributed by atoms with van der Waals surface area (Å²) in [5, 5.41) is 11.4. The molecule has 0 spiro atoms. The van der Waals surface area contributed by atoms with E-state index in [1.807, 2.05) is 0 Å². The van der Waals surface area contributed by atoms with E-state index in [0.29, 0.717) is 11.5 Å². The summed E-state index contributed by atoms with van der Waals surface area (Å²) in [5.74, 6) is -1.78. The molecular weight excluding hydrogens is 345 g/mol. The van der Waals surface area contributed by atoms with Gasteiger partial charge >= 0.3 is 5.97 Å². The standard InChI is InChI=1S/C16H16FN5O4/c1-26-9-11-7-22-6-10(4-12(17)15(22)20-11)16(25)19-5-13-18-2-3-21(13)8-14(23)24/h2-4,6-7H,5,8-9H2,1H3,(H,19,25)(H,23,24). The molecule has 0 aliphatic heterocycles. The molecule has 1 amide bonds. The smallest absolute Gasteiger partial charge is 0.323 e. The molecule has 0 radical (unpaired) electrons. The molecule has 0 unspecified atom stereocenters. The third-order valence-electron chi connectivity index (χ3n) is 3.62. The Morgan fingerprint density at radius 1 is 1.38 bits per heavy atom. The maximum Gasteiger partial charge on any atom is 0.323 e. The number of carbonyl (C=O) groups excluding carboxylic acids is 1. The van der Waals surface area contributed by atoms with Crippen molar-refractivity contribution in [2.24, 2.45) is 0 Å². The summed E-state index contributed by atoms with van der Waals surface area (Å²) in [6, 6.07) is 1.10. The van der Waals surface area contributed by atoms with E-state index in [9.17, 15) is 14.0 Å². The van der Waals surface area contributed by atoms with E-state index in [2.05, 4.69) is 15.3 Å². The first kappa shape index (κ1) is 17.5. The molecule has 0 aromatic carbocycles. The van der Waals surface area contributed by atoms with Crippen LogP contribution in [0.4, 0.5) is 4.39 Å². The number of imidazole rings is 2. The van der Waals surface area contributed by atoms with Gasteiger partial charge in [0.05, 0.1) is 24.4 Å². The molecule has 0 saturated heterocycles. The fourth-order valence-electron chi connectivity index (χ4n) is 2.51. The maximum atomic E-state index is 14.2. The lowest BCUT2D eigenvalue weighted by molar-refractivity contribution is -0.137. The number of methoxy groups -OCH3 is 1. The van der Waals surface area contributed by atoms with Gasteiger partial charge in [-0.2, -0.15) is 0 Å². The highest BCUT2D eigenvalue weighted by Gasteiger charge is 2.14. The third kappa shape index (κ3) is 3.70. The Morgan fingerprint density at radius 2 is 2.19 bits per heavy atom. The van der Waals surface area contributed by atoms with E-state index >= 15 is 0 Å². The van der Waals surface area contributed by atoms with Crippen LogP contribution >= 0.6 is 0 Å². The molecule has 9 nitrogen and oxygen atoms in total. The minimum atomic E-state index is -1.02. The van der Waals surface area contributed by atoms with E-state index in [1.165, 1.54) is 34.7 Å². The lowest BCUT2D eigenvalue weighted by atomic mass is 10.2. The molecule has 10 heteroatoms. The van der Waals surface area contributed by atoms with Gasteiger partial charge in [0, 0.05) is 31.9 Å². The number of aliphatic carboxylic acids is 1. The number of fused-ring (bicyclic) bond motifs is 1. The monoisotopic (exact) mass is 361 g/mol. The Bertz CT molecular complexity index is 965. The van der Waals surface area contributed by atoms with Crippen molar-refractivity contribution in [1.29, 1.82) is 0 Å². The SMILES string of the molecule is COCc1cn2cc(C(=O)NCc3nccn3CC(=O)O)cc(F)c2n1. The number of nitrogens with zero attached hydrogens (tertiary/aromatic N) is 4. The Labute approximate surface area is 147 Å². The van der Waals surface area contributed by atoms with Crippen LogP contribution in [0.1, 0.15) is 21.9 Å². The van der Waals surface area contributed by atoms with Crippen molar-refractivity contribution in [2.45, 2.75) is 19.7 Å². The zero-order valence-electron chi connectivity index (χ0n) is 13.8. The van der Waals surface area contributed by atoms with Crippen LogP contribution in [0.5, 0.6) is 0 Å². The Balaban J connectivity index is 1.75. The average molecular weight is 361 g/mol. The van der Waals surface area contributed by atoms with Gasteiger partial charge in [-0.1, -0.05) is 0 Å². The van der Waals surface area contributed by atoms with Crippen LogP contribution in [0.15, 0.2) is 30.9 Å². The molecule has 3 rings (SSSR count). The summed E-state index contributed by atoms with van der Waals surface area (Å²) in [7, 11) is 1.51. The van der Waals surface area contributed by atoms with Crippen LogP contribution in [0.3, 0.4) is 0 Å². The minimum Gasteiger partial charge on any atom is -0.480 e. The van der Waals surface area contributed by atoms with Crippen LogP contribution < -0.4 is 5.32 Å². The van der Waals surface area contributed by atoms with Crippen LogP contribution in [-0.4, -0.2) is 43.0 Å². The van der Waals surface area contributed by atoms with Crippen LogP contribution in [-0.2, 0) is 29.2 Å². The van der Waals surface area contributed by atoms with E-state index in [4.69, 9.17) is 9.84 Å². The largest absolute Gasteiger partial charge is 0.480 e. The van der Waals surface area contributed by atoms with E-state index in [0.717, 1.165) is 6.07 Å². The molecule has 136 valence electrons. The number of ether oxygens (including phenoxy) is 1. The number of hydrogen-bond acceptors (Lipinski definition) is 5. The van der Waals surface area contributed by atoms with Gasteiger partial charge in [0.15, 0.2) is 11.5 Å². The van der Waals surface area contributed by atoms with Gasteiger partial charge in [-0.05, 0) is 6.07 Å². The van der Waals surface area contributed by atoms with Gasteiger partial charge in [0.1, 0.15) is 12.4 Å². The number of carboxylic acid groups (broad SMARTS) is 1. The molecule has 0 saturated carbocycles. The number of carboxylic acids is 1. The van der Waals surface area contributed by atoms with Gasteiger partial charge in [0.2, 0.25) is 0 Å². The Kier molecular flexibility index (Phi) is 4.94. The molecule has 0 bridgehead atoms. The van der Waals surface area contributed by atoms with Crippen molar-refractivity contribution in [3.8, 4) is 0 Å². The van der Waals surface area contributed by atoms with Crippen LogP contribution in [0.25, 0.3) is 5.65 Å². The van der Waals surface area contributed by atoms with Crippen molar-refractivity contribution < 1.29 is 23.8 Å². The summed E-state index contributed by atoms with van der Waals surface area (Å²) in [6.07, 6.45) is 5.99. The highest BCUT2D eigenvalue weighted by Crippen LogP contribution is 2.13. The molecule has 3 aromatic heterocycles. The Morgan fingerprint density at radius 3 is 2.92 bits per heavy atom. The second kappa shape index (κ2) is 7.31. The number of carbonyl (C=O) groups is 2. The molecule has 3 aromatic rings. The van der Waals surface area contributed by atoms with Crippen molar-refractivity contribution in [3.63, 3.8) is 0 Å². The second-order valence-electron chi connectivity index (χ2n) is 5.52. The van der Waals surface area contributed by atoms with Crippen molar-refractivity contribution >= 4 is 17.5 Å². The van der Waals surface area contributed by atoms with E-state index in [-0.39, 0.29) is 30.9 Å². The number of rotatable bonds is 7. The van der Waals surface area contributed by atoms with Gasteiger partial charge in [0.25, 0.3) is 5.91 Å². The summed E-state index contributed by atoms with van der Waals surface area (Å²) >= 11 is 0. The average Bonchev–Trinajstić information content (AvgIpc) is 3.19. The van der Waals surface area contributed by atoms with Gasteiger partial charge in [-0.15, -0.1) is 0 Å². The van der Waals surface area contributed by atoms with Crippen LogP contribution in [0, 0.1) is 5.82 Å². The molecule has 2 N–H and O–H groups in total. The van der Waals surface area contributed by atoms with Gasteiger partial charge < -0.3 is 24.1 Å².